The molecule has 1 aromatic carbocycles. The fourth-order valence-electron chi connectivity index (χ4n) is 2.68. The average molecular weight is 275 g/mol. The van der Waals surface area contributed by atoms with E-state index in [1.54, 1.807) is 18.6 Å². The molecule has 2 atom stereocenters. The largest absolute Gasteiger partial charge is 0.484 e. The van der Waals surface area contributed by atoms with Crippen LogP contribution in [0.2, 0.25) is 0 Å². The van der Waals surface area contributed by atoms with Gasteiger partial charge in [-0.3, -0.25) is 0 Å². The normalized spacial score (nSPS) is 21.4. The Kier molecular flexibility index (Phi) is 3.44. The summed E-state index contributed by atoms with van der Waals surface area (Å²) < 4.78 is 21.4. The van der Waals surface area contributed by atoms with E-state index in [1.165, 1.54) is 12.1 Å². The molecule has 1 aromatic heterocycles. The molecule has 1 aliphatic heterocycles. The topological polar surface area (TPSA) is 53.1 Å². The van der Waals surface area contributed by atoms with Crippen LogP contribution in [-0.2, 0) is 6.54 Å². The number of ether oxygens (including phenoxy) is 1. The molecule has 5 heteroatoms. The van der Waals surface area contributed by atoms with E-state index in [2.05, 4.69) is 16.5 Å². The lowest BCUT2D eigenvalue weighted by Gasteiger charge is -2.30. The molecule has 4 nitrogen and oxygen atoms in total. The first-order valence-electron chi connectivity index (χ1n) is 6.90. The molecule has 2 N–H and O–H groups in total. The molecule has 0 aliphatic carbocycles. The Labute approximate surface area is 117 Å². The molecule has 0 fully saturated rings. The van der Waals surface area contributed by atoms with Crippen molar-refractivity contribution in [3.63, 3.8) is 0 Å². The Bertz CT molecular complexity index is 611. The summed E-state index contributed by atoms with van der Waals surface area (Å²) >= 11 is 0. The molecular formula is C15H18FN3O. The maximum atomic E-state index is 13.4. The molecule has 3 rings (SSSR count). The van der Waals surface area contributed by atoms with Crippen molar-refractivity contribution >= 4 is 0 Å². The van der Waals surface area contributed by atoms with Crippen LogP contribution in [-0.4, -0.2) is 9.55 Å². The third-order valence-corrected chi connectivity index (χ3v) is 3.65. The number of imidazole rings is 1. The van der Waals surface area contributed by atoms with Gasteiger partial charge in [0.05, 0.1) is 18.2 Å². The van der Waals surface area contributed by atoms with E-state index in [1.807, 2.05) is 0 Å². The standard InChI is InChI=1S/C15H18FN3O/c1-2-5-19-9-18-8-13(19)15-7-12(17)11-4-3-10(16)6-14(11)20-15/h3-4,6,8-9,12,15H,2,5,7,17H2,1H3. The third kappa shape index (κ3) is 2.29. The summed E-state index contributed by atoms with van der Waals surface area (Å²) in [7, 11) is 0. The van der Waals surface area contributed by atoms with Crippen LogP contribution in [0.5, 0.6) is 5.75 Å². The molecule has 0 radical (unpaired) electrons. The zero-order valence-corrected chi connectivity index (χ0v) is 11.4. The van der Waals surface area contributed by atoms with Crippen molar-refractivity contribution in [3.8, 4) is 5.75 Å². The summed E-state index contributed by atoms with van der Waals surface area (Å²) in [5.41, 5.74) is 8.05. The number of halogens is 1. The fourth-order valence-corrected chi connectivity index (χ4v) is 2.68. The van der Waals surface area contributed by atoms with E-state index in [9.17, 15) is 4.39 Å². The molecule has 106 valence electrons. The molecular weight excluding hydrogens is 257 g/mol. The number of hydrogen-bond donors (Lipinski definition) is 1. The monoisotopic (exact) mass is 275 g/mol. The van der Waals surface area contributed by atoms with Crippen LogP contribution in [0, 0.1) is 5.82 Å². The predicted molar refractivity (Wildman–Crippen MR) is 73.8 cm³/mol. The van der Waals surface area contributed by atoms with E-state index >= 15 is 0 Å². The maximum Gasteiger partial charge on any atom is 0.142 e. The second-order valence-electron chi connectivity index (χ2n) is 5.14. The molecule has 0 amide bonds. The molecule has 2 heterocycles. The lowest BCUT2D eigenvalue weighted by molar-refractivity contribution is 0.152. The van der Waals surface area contributed by atoms with Crippen molar-refractivity contribution in [1.29, 1.82) is 0 Å². The van der Waals surface area contributed by atoms with Crippen LogP contribution in [0.1, 0.15) is 43.2 Å². The molecule has 0 saturated heterocycles. The van der Waals surface area contributed by atoms with Crippen molar-refractivity contribution < 1.29 is 9.13 Å². The van der Waals surface area contributed by atoms with Crippen LogP contribution in [0.25, 0.3) is 0 Å². The minimum absolute atomic E-state index is 0.144. The summed E-state index contributed by atoms with van der Waals surface area (Å²) in [6.07, 6.45) is 5.13. The highest BCUT2D eigenvalue weighted by Gasteiger charge is 2.29. The van der Waals surface area contributed by atoms with Gasteiger partial charge in [-0.05, 0) is 12.5 Å². The zero-order chi connectivity index (χ0) is 14.1. The minimum Gasteiger partial charge on any atom is -0.484 e. The number of rotatable bonds is 3. The highest BCUT2D eigenvalue weighted by atomic mass is 19.1. The highest BCUT2D eigenvalue weighted by Crippen LogP contribution is 2.39. The van der Waals surface area contributed by atoms with Crippen molar-refractivity contribution in [2.75, 3.05) is 0 Å². The van der Waals surface area contributed by atoms with Gasteiger partial charge < -0.3 is 15.0 Å². The first kappa shape index (κ1) is 13.1. The van der Waals surface area contributed by atoms with Gasteiger partial charge in [0.2, 0.25) is 0 Å². The van der Waals surface area contributed by atoms with Gasteiger partial charge >= 0.3 is 0 Å². The quantitative estimate of drug-likeness (QED) is 0.937. The summed E-state index contributed by atoms with van der Waals surface area (Å²) in [6.45, 7) is 3.00. The highest BCUT2D eigenvalue weighted by molar-refractivity contribution is 5.39. The molecule has 0 saturated carbocycles. The van der Waals surface area contributed by atoms with Gasteiger partial charge in [0.15, 0.2) is 0 Å². The second kappa shape index (κ2) is 5.25. The Morgan fingerprint density at radius 1 is 1.50 bits per heavy atom. The van der Waals surface area contributed by atoms with Gasteiger partial charge in [0.25, 0.3) is 0 Å². The van der Waals surface area contributed by atoms with Crippen molar-refractivity contribution in [2.45, 2.75) is 38.5 Å². The van der Waals surface area contributed by atoms with Gasteiger partial charge in [0, 0.05) is 30.6 Å². The Morgan fingerprint density at radius 2 is 2.35 bits per heavy atom. The van der Waals surface area contributed by atoms with Crippen LogP contribution in [0.4, 0.5) is 4.39 Å². The Balaban J connectivity index is 1.92. The lowest BCUT2D eigenvalue weighted by Crippen LogP contribution is -2.25. The number of fused-ring (bicyclic) bond motifs is 1. The second-order valence-corrected chi connectivity index (χ2v) is 5.14. The Hall–Kier alpha value is -1.88. The van der Waals surface area contributed by atoms with E-state index in [0.29, 0.717) is 12.2 Å². The van der Waals surface area contributed by atoms with E-state index < -0.39 is 0 Å². The number of aryl methyl sites for hydroxylation is 1. The SMILES string of the molecule is CCCn1cncc1C1CC(N)c2ccc(F)cc2O1. The van der Waals surface area contributed by atoms with Crippen molar-refractivity contribution in [2.24, 2.45) is 5.73 Å². The van der Waals surface area contributed by atoms with Gasteiger partial charge in [-0.1, -0.05) is 13.0 Å². The van der Waals surface area contributed by atoms with Gasteiger partial charge in [-0.25, -0.2) is 9.37 Å². The molecule has 0 spiro atoms. The zero-order valence-electron chi connectivity index (χ0n) is 11.4. The average Bonchev–Trinajstić information content (AvgIpc) is 2.86. The van der Waals surface area contributed by atoms with Crippen LogP contribution < -0.4 is 10.5 Å². The minimum atomic E-state index is -0.307. The van der Waals surface area contributed by atoms with E-state index in [-0.39, 0.29) is 18.0 Å². The number of nitrogens with two attached hydrogens (primary N) is 1. The molecule has 2 unspecified atom stereocenters. The number of nitrogens with zero attached hydrogens (tertiary/aromatic N) is 2. The summed E-state index contributed by atoms with van der Waals surface area (Å²) in [4.78, 5) is 4.18. The van der Waals surface area contributed by atoms with E-state index in [0.717, 1.165) is 24.2 Å². The summed E-state index contributed by atoms with van der Waals surface area (Å²) in [6, 6.07) is 4.38. The molecule has 0 bridgehead atoms. The van der Waals surface area contributed by atoms with Crippen LogP contribution >= 0.6 is 0 Å². The Morgan fingerprint density at radius 3 is 3.15 bits per heavy atom. The fraction of sp³-hybridized carbons (Fsp3) is 0.400. The first-order valence-corrected chi connectivity index (χ1v) is 6.90. The lowest BCUT2D eigenvalue weighted by atomic mass is 9.96. The smallest absolute Gasteiger partial charge is 0.142 e. The van der Waals surface area contributed by atoms with Crippen molar-refractivity contribution in [1.82, 2.24) is 9.55 Å². The maximum absolute atomic E-state index is 13.4. The van der Waals surface area contributed by atoms with Crippen molar-refractivity contribution in [3.05, 3.63) is 47.8 Å². The predicted octanol–water partition coefficient (Wildman–Crippen LogP) is 2.96. The molecule has 1 aliphatic rings. The van der Waals surface area contributed by atoms with Gasteiger partial charge in [0.1, 0.15) is 17.7 Å². The van der Waals surface area contributed by atoms with Gasteiger partial charge in [-0.15, -0.1) is 0 Å². The van der Waals surface area contributed by atoms with Gasteiger partial charge in [-0.2, -0.15) is 0 Å². The van der Waals surface area contributed by atoms with Crippen LogP contribution in [0.3, 0.4) is 0 Å². The summed E-state index contributed by atoms with van der Waals surface area (Å²) in [5, 5.41) is 0. The number of aromatic nitrogens is 2. The number of benzene rings is 1. The van der Waals surface area contributed by atoms with E-state index in [4.69, 9.17) is 10.5 Å². The third-order valence-electron chi connectivity index (χ3n) is 3.65. The molecule has 2 aromatic rings. The number of hydrogen-bond acceptors (Lipinski definition) is 3. The first-order chi connectivity index (χ1) is 9.69. The van der Waals surface area contributed by atoms with Crippen LogP contribution in [0.15, 0.2) is 30.7 Å². The molecule has 20 heavy (non-hydrogen) atoms. The summed E-state index contributed by atoms with van der Waals surface area (Å²) in [5.74, 6) is 0.233.